The Morgan fingerprint density at radius 2 is 2.48 bits per heavy atom. The van der Waals surface area contributed by atoms with Gasteiger partial charge in [-0.25, -0.2) is 4.79 Å². The molecule has 0 spiro atoms. The Balaban J connectivity index is 1.78. The summed E-state index contributed by atoms with van der Waals surface area (Å²) in [5.74, 6) is 0.579. The van der Waals surface area contributed by atoms with E-state index in [1.54, 1.807) is 0 Å². The zero-order valence-electron chi connectivity index (χ0n) is 12.2. The Morgan fingerprint density at radius 1 is 1.62 bits per heavy atom. The maximum atomic E-state index is 11.8. The fourth-order valence-electron chi connectivity index (χ4n) is 2.84. The van der Waals surface area contributed by atoms with Gasteiger partial charge in [0.05, 0.1) is 13.2 Å². The second-order valence-corrected chi connectivity index (χ2v) is 6.17. The summed E-state index contributed by atoms with van der Waals surface area (Å²) in [6, 6.07) is 4.27. The van der Waals surface area contributed by atoms with Crippen molar-refractivity contribution < 1.29 is 14.1 Å². The van der Waals surface area contributed by atoms with Crippen molar-refractivity contribution in [2.24, 2.45) is 0 Å². The predicted molar refractivity (Wildman–Crippen MR) is 79.3 cm³/mol. The molecule has 3 rings (SSSR count). The highest BCUT2D eigenvalue weighted by molar-refractivity contribution is 7.12. The first-order valence-electron chi connectivity index (χ1n) is 7.01. The molecule has 1 aliphatic rings. The third kappa shape index (κ3) is 2.87. The van der Waals surface area contributed by atoms with Gasteiger partial charge in [-0.3, -0.25) is 4.90 Å². The van der Waals surface area contributed by atoms with Crippen LogP contribution in [0.3, 0.4) is 0 Å². The molecule has 0 amide bonds. The van der Waals surface area contributed by atoms with Gasteiger partial charge >= 0.3 is 5.97 Å². The van der Waals surface area contributed by atoms with Crippen LogP contribution in [0.5, 0.6) is 0 Å². The summed E-state index contributed by atoms with van der Waals surface area (Å²) < 4.78 is 10.0. The molecule has 1 atom stereocenters. The third-order valence-electron chi connectivity index (χ3n) is 3.84. The van der Waals surface area contributed by atoms with Gasteiger partial charge in [-0.15, -0.1) is 11.3 Å². The number of methoxy groups -OCH3 is 1. The molecule has 2 aromatic rings. The van der Waals surface area contributed by atoms with E-state index in [0.29, 0.717) is 4.88 Å². The molecule has 21 heavy (non-hydrogen) atoms. The SMILES string of the molecule is COC(=O)c1sccc1CN1CCCC1c1cc(C)on1. The van der Waals surface area contributed by atoms with Gasteiger partial charge in [0.2, 0.25) is 0 Å². The number of hydrogen-bond donors (Lipinski definition) is 0. The van der Waals surface area contributed by atoms with E-state index in [1.807, 2.05) is 24.4 Å². The highest BCUT2D eigenvalue weighted by Gasteiger charge is 2.29. The summed E-state index contributed by atoms with van der Waals surface area (Å²) in [6.45, 7) is 3.65. The first-order valence-corrected chi connectivity index (χ1v) is 7.89. The molecular formula is C15H18N2O3S. The van der Waals surface area contributed by atoms with E-state index in [-0.39, 0.29) is 12.0 Å². The van der Waals surface area contributed by atoms with Crippen LogP contribution in [0.2, 0.25) is 0 Å². The minimum absolute atomic E-state index is 0.256. The van der Waals surface area contributed by atoms with Gasteiger partial charge in [-0.05, 0) is 43.3 Å². The van der Waals surface area contributed by atoms with E-state index in [1.165, 1.54) is 18.4 Å². The second-order valence-electron chi connectivity index (χ2n) is 5.26. The molecule has 0 N–H and O–H groups in total. The lowest BCUT2D eigenvalue weighted by atomic mass is 10.1. The molecule has 1 aliphatic heterocycles. The number of ether oxygens (including phenoxy) is 1. The van der Waals surface area contributed by atoms with Crippen LogP contribution in [0.25, 0.3) is 0 Å². The van der Waals surface area contributed by atoms with E-state index in [2.05, 4.69) is 10.1 Å². The second kappa shape index (κ2) is 5.99. The molecule has 1 fully saturated rings. The minimum Gasteiger partial charge on any atom is -0.465 e. The van der Waals surface area contributed by atoms with Gasteiger partial charge in [0.1, 0.15) is 16.3 Å². The smallest absolute Gasteiger partial charge is 0.348 e. The number of carbonyl (C=O) groups excluding carboxylic acids is 1. The molecule has 6 heteroatoms. The number of aromatic nitrogens is 1. The van der Waals surface area contributed by atoms with Gasteiger partial charge < -0.3 is 9.26 Å². The number of rotatable bonds is 4. The maximum Gasteiger partial charge on any atom is 0.348 e. The Labute approximate surface area is 127 Å². The van der Waals surface area contributed by atoms with Crippen molar-refractivity contribution >= 4 is 17.3 Å². The standard InChI is InChI=1S/C15H18N2O3S/c1-10-8-12(16-20-10)13-4-3-6-17(13)9-11-5-7-21-14(11)15(18)19-2/h5,7-8,13H,3-4,6,9H2,1-2H3. The minimum atomic E-state index is -0.256. The van der Waals surface area contributed by atoms with Crippen LogP contribution in [-0.2, 0) is 11.3 Å². The summed E-state index contributed by atoms with van der Waals surface area (Å²) in [5.41, 5.74) is 2.01. The molecule has 1 unspecified atom stereocenters. The van der Waals surface area contributed by atoms with Crippen LogP contribution in [0.1, 0.15) is 45.6 Å². The van der Waals surface area contributed by atoms with Crippen LogP contribution in [0, 0.1) is 6.92 Å². The average molecular weight is 306 g/mol. The molecule has 1 saturated heterocycles. The number of carbonyl (C=O) groups is 1. The Kier molecular flexibility index (Phi) is 4.07. The van der Waals surface area contributed by atoms with Crippen molar-refractivity contribution in [2.75, 3.05) is 13.7 Å². The largest absolute Gasteiger partial charge is 0.465 e. The number of likely N-dealkylation sites (tertiary alicyclic amines) is 1. The summed E-state index contributed by atoms with van der Waals surface area (Å²) >= 11 is 1.43. The normalized spacial score (nSPS) is 19.0. The molecule has 2 aromatic heterocycles. The molecule has 0 saturated carbocycles. The topological polar surface area (TPSA) is 55.6 Å². The zero-order valence-corrected chi connectivity index (χ0v) is 13.0. The number of aryl methyl sites for hydroxylation is 1. The van der Waals surface area contributed by atoms with Crippen LogP contribution in [-0.4, -0.2) is 29.7 Å². The number of esters is 1. The number of thiophene rings is 1. The summed E-state index contributed by atoms with van der Waals surface area (Å²) in [7, 11) is 1.42. The monoisotopic (exact) mass is 306 g/mol. The van der Waals surface area contributed by atoms with Crippen LogP contribution in [0.15, 0.2) is 22.0 Å². The van der Waals surface area contributed by atoms with Gasteiger partial charge in [-0.1, -0.05) is 5.16 Å². The van der Waals surface area contributed by atoms with Crippen LogP contribution in [0.4, 0.5) is 0 Å². The zero-order chi connectivity index (χ0) is 14.8. The lowest BCUT2D eigenvalue weighted by molar-refractivity contribution is 0.0604. The fraction of sp³-hybridized carbons (Fsp3) is 0.467. The highest BCUT2D eigenvalue weighted by Crippen LogP contribution is 2.33. The van der Waals surface area contributed by atoms with Crippen molar-refractivity contribution in [3.8, 4) is 0 Å². The molecule has 0 radical (unpaired) electrons. The van der Waals surface area contributed by atoms with E-state index in [0.717, 1.165) is 42.9 Å². The lowest BCUT2D eigenvalue weighted by Gasteiger charge is -2.22. The molecule has 0 aliphatic carbocycles. The van der Waals surface area contributed by atoms with Crippen LogP contribution >= 0.6 is 11.3 Å². The first-order chi connectivity index (χ1) is 10.2. The van der Waals surface area contributed by atoms with Crippen molar-refractivity contribution in [1.82, 2.24) is 10.1 Å². The van der Waals surface area contributed by atoms with Gasteiger partial charge in [0.15, 0.2) is 0 Å². The van der Waals surface area contributed by atoms with Crippen molar-refractivity contribution in [1.29, 1.82) is 0 Å². The molecular weight excluding hydrogens is 288 g/mol. The fourth-order valence-corrected chi connectivity index (χ4v) is 3.68. The lowest BCUT2D eigenvalue weighted by Crippen LogP contribution is -2.23. The number of nitrogens with zero attached hydrogens (tertiary/aromatic N) is 2. The van der Waals surface area contributed by atoms with Gasteiger partial charge in [-0.2, -0.15) is 0 Å². The Morgan fingerprint density at radius 3 is 3.19 bits per heavy atom. The van der Waals surface area contributed by atoms with Crippen molar-refractivity contribution in [3.63, 3.8) is 0 Å². The summed E-state index contributed by atoms with van der Waals surface area (Å²) in [4.78, 5) is 14.8. The van der Waals surface area contributed by atoms with E-state index in [9.17, 15) is 4.79 Å². The summed E-state index contributed by atoms with van der Waals surface area (Å²) in [6.07, 6.45) is 2.21. The molecule has 0 aromatic carbocycles. The third-order valence-corrected chi connectivity index (χ3v) is 4.78. The molecule has 5 nitrogen and oxygen atoms in total. The Bertz CT molecular complexity index is 634. The number of hydrogen-bond acceptors (Lipinski definition) is 6. The van der Waals surface area contributed by atoms with Crippen molar-refractivity contribution in [2.45, 2.75) is 32.4 Å². The van der Waals surface area contributed by atoms with Gasteiger partial charge in [0, 0.05) is 12.6 Å². The quantitative estimate of drug-likeness (QED) is 0.812. The van der Waals surface area contributed by atoms with E-state index in [4.69, 9.17) is 9.26 Å². The average Bonchev–Trinajstić information content (AvgIpc) is 3.19. The van der Waals surface area contributed by atoms with Crippen LogP contribution < -0.4 is 0 Å². The highest BCUT2D eigenvalue weighted by atomic mass is 32.1. The van der Waals surface area contributed by atoms with E-state index >= 15 is 0 Å². The summed E-state index contributed by atoms with van der Waals surface area (Å²) in [5, 5.41) is 6.08. The molecule has 3 heterocycles. The maximum absolute atomic E-state index is 11.8. The molecule has 0 bridgehead atoms. The predicted octanol–water partition coefficient (Wildman–Crippen LogP) is 3.17. The van der Waals surface area contributed by atoms with Gasteiger partial charge in [0.25, 0.3) is 0 Å². The van der Waals surface area contributed by atoms with E-state index < -0.39 is 0 Å². The van der Waals surface area contributed by atoms with Crippen molar-refractivity contribution in [3.05, 3.63) is 39.4 Å². The first kappa shape index (κ1) is 14.3. The Hall–Kier alpha value is -1.66. The molecule has 112 valence electrons.